The number of hydrogen-bond acceptors (Lipinski definition) is 3. The number of benzene rings is 1. The highest BCUT2D eigenvalue weighted by Gasteiger charge is 2.13. The Balaban J connectivity index is 2.23. The normalized spacial score (nSPS) is 10.7. The molecule has 0 unspecified atom stereocenters. The molecular weight excluding hydrogens is 284 g/mol. The van der Waals surface area contributed by atoms with Crippen molar-refractivity contribution in [2.45, 2.75) is 19.9 Å². The molecular formula is C16H13ClN4. The third-order valence-corrected chi connectivity index (χ3v) is 3.49. The summed E-state index contributed by atoms with van der Waals surface area (Å²) in [6.07, 6.45) is 2.23. The fraction of sp³-hybridized carbons (Fsp3) is 0.188. The molecule has 0 aliphatic heterocycles. The van der Waals surface area contributed by atoms with E-state index in [1.807, 2.05) is 48.0 Å². The Kier molecular flexibility index (Phi) is 3.59. The molecule has 3 aromatic rings. The molecule has 2 heterocycles. The van der Waals surface area contributed by atoms with E-state index in [0.29, 0.717) is 18.0 Å². The summed E-state index contributed by atoms with van der Waals surface area (Å²) >= 11 is 6.07. The van der Waals surface area contributed by atoms with Crippen LogP contribution in [0.15, 0.2) is 36.5 Å². The molecule has 0 bridgehead atoms. The number of imidazole rings is 1. The van der Waals surface area contributed by atoms with Crippen LogP contribution in [0.2, 0.25) is 5.02 Å². The van der Waals surface area contributed by atoms with Gasteiger partial charge in [0.25, 0.3) is 0 Å². The van der Waals surface area contributed by atoms with E-state index in [-0.39, 0.29) is 0 Å². The van der Waals surface area contributed by atoms with Gasteiger partial charge in [-0.15, -0.1) is 0 Å². The lowest BCUT2D eigenvalue weighted by Gasteiger charge is -2.06. The molecule has 0 radical (unpaired) electrons. The van der Waals surface area contributed by atoms with Crippen LogP contribution < -0.4 is 0 Å². The molecule has 0 spiro atoms. The molecule has 2 aromatic heterocycles. The average Bonchev–Trinajstić information content (AvgIpc) is 2.82. The minimum atomic E-state index is 0.411. The van der Waals surface area contributed by atoms with E-state index < -0.39 is 0 Å². The molecule has 0 saturated heterocycles. The Morgan fingerprint density at radius 3 is 2.95 bits per heavy atom. The quantitative estimate of drug-likeness (QED) is 0.734. The SMILES string of the molecule is Cc1cnc2c(c1)nc(-c1cccc(Cl)c1)n2CCC#N. The molecule has 5 heteroatoms. The van der Waals surface area contributed by atoms with Crippen LogP contribution in [0.4, 0.5) is 0 Å². The average molecular weight is 297 g/mol. The molecule has 3 rings (SSSR count). The second-order valence-corrected chi connectivity index (χ2v) is 5.30. The van der Waals surface area contributed by atoms with Gasteiger partial charge in [-0.25, -0.2) is 9.97 Å². The minimum Gasteiger partial charge on any atom is -0.308 e. The number of rotatable bonds is 3. The van der Waals surface area contributed by atoms with Crippen molar-refractivity contribution in [2.24, 2.45) is 0 Å². The Labute approximate surface area is 127 Å². The second-order valence-electron chi connectivity index (χ2n) is 4.86. The summed E-state index contributed by atoms with van der Waals surface area (Å²) in [7, 11) is 0. The first-order valence-corrected chi connectivity index (χ1v) is 7.02. The molecule has 0 N–H and O–H groups in total. The van der Waals surface area contributed by atoms with Crippen LogP contribution in [0.3, 0.4) is 0 Å². The Morgan fingerprint density at radius 1 is 1.33 bits per heavy atom. The fourth-order valence-electron chi connectivity index (χ4n) is 2.33. The van der Waals surface area contributed by atoms with Gasteiger partial charge >= 0.3 is 0 Å². The van der Waals surface area contributed by atoms with E-state index in [4.69, 9.17) is 16.9 Å². The summed E-state index contributed by atoms with van der Waals surface area (Å²) in [6.45, 7) is 2.55. The summed E-state index contributed by atoms with van der Waals surface area (Å²) in [5.74, 6) is 0.792. The van der Waals surface area contributed by atoms with Crippen LogP contribution in [0.1, 0.15) is 12.0 Å². The molecule has 0 aliphatic carbocycles. The maximum atomic E-state index is 8.86. The zero-order valence-corrected chi connectivity index (χ0v) is 12.3. The third kappa shape index (κ3) is 2.61. The maximum absolute atomic E-state index is 8.86. The van der Waals surface area contributed by atoms with Gasteiger partial charge in [0.2, 0.25) is 0 Å². The van der Waals surface area contributed by atoms with Crippen molar-refractivity contribution in [2.75, 3.05) is 0 Å². The Bertz CT molecular complexity index is 845. The van der Waals surface area contributed by atoms with Crippen molar-refractivity contribution in [1.82, 2.24) is 14.5 Å². The summed E-state index contributed by atoms with van der Waals surface area (Å²) in [5, 5.41) is 9.52. The number of nitrogens with zero attached hydrogens (tertiary/aromatic N) is 4. The molecule has 104 valence electrons. The van der Waals surface area contributed by atoms with Crippen LogP contribution in [0.5, 0.6) is 0 Å². The highest BCUT2D eigenvalue weighted by atomic mass is 35.5. The van der Waals surface area contributed by atoms with Crippen molar-refractivity contribution >= 4 is 22.8 Å². The van der Waals surface area contributed by atoms with Crippen molar-refractivity contribution in [1.29, 1.82) is 5.26 Å². The fourth-order valence-corrected chi connectivity index (χ4v) is 2.52. The predicted octanol–water partition coefficient (Wildman–Crippen LogP) is 3.97. The smallest absolute Gasteiger partial charge is 0.160 e. The first-order valence-electron chi connectivity index (χ1n) is 6.65. The molecule has 0 saturated carbocycles. The van der Waals surface area contributed by atoms with Gasteiger partial charge in [-0.3, -0.25) is 0 Å². The van der Waals surface area contributed by atoms with E-state index in [9.17, 15) is 0 Å². The number of nitriles is 1. The van der Waals surface area contributed by atoms with Crippen molar-refractivity contribution in [3.63, 3.8) is 0 Å². The number of halogens is 1. The van der Waals surface area contributed by atoms with Crippen LogP contribution in [0.25, 0.3) is 22.6 Å². The van der Waals surface area contributed by atoms with E-state index >= 15 is 0 Å². The van der Waals surface area contributed by atoms with Crippen LogP contribution in [-0.4, -0.2) is 14.5 Å². The van der Waals surface area contributed by atoms with Gasteiger partial charge in [0.15, 0.2) is 5.65 Å². The zero-order chi connectivity index (χ0) is 14.8. The van der Waals surface area contributed by atoms with Crippen LogP contribution in [0, 0.1) is 18.3 Å². The molecule has 21 heavy (non-hydrogen) atoms. The van der Waals surface area contributed by atoms with Crippen LogP contribution >= 0.6 is 11.6 Å². The van der Waals surface area contributed by atoms with Gasteiger partial charge < -0.3 is 4.57 Å². The second kappa shape index (κ2) is 5.55. The molecule has 0 aliphatic rings. The van der Waals surface area contributed by atoms with E-state index in [0.717, 1.165) is 28.1 Å². The summed E-state index contributed by atoms with van der Waals surface area (Å²) in [5.41, 5.74) is 3.62. The number of hydrogen-bond donors (Lipinski definition) is 0. The third-order valence-electron chi connectivity index (χ3n) is 3.25. The zero-order valence-electron chi connectivity index (χ0n) is 11.5. The predicted molar refractivity (Wildman–Crippen MR) is 82.9 cm³/mol. The lowest BCUT2D eigenvalue weighted by Crippen LogP contribution is -2.01. The topological polar surface area (TPSA) is 54.5 Å². The van der Waals surface area contributed by atoms with Gasteiger partial charge in [0.1, 0.15) is 11.3 Å². The minimum absolute atomic E-state index is 0.411. The van der Waals surface area contributed by atoms with Gasteiger partial charge in [0, 0.05) is 23.3 Å². The lowest BCUT2D eigenvalue weighted by atomic mass is 10.2. The summed E-state index contributed by atoms with van der Waals surface area (Å²) in [4.78, 5) is 9.13. The molecule has 0 atom stereocenters. The highest BCUT2D eigenvalue weighted by Crippen LogP contribution is 2.26. The van der Waals surface area contributed by atoms with Gasteiger partial charge in [-0.1, -0.05) is 23.7 Å². The van der Waals surface area contributed by atoms with Crippen molar-refractivity contribution in [3.05, 3.63) is 47.1 Å². The number of aromatic nitrogens is 3. The molecule has 4 nitrogen and oxygen atoms in total. The maximum Gasteiger partial charge on any atom is 0.160 e. The molecule has 0 fully saturated rings. The van der Waals surface area contributed by atoms with Crippen LogP contribution in [-0.2, 0) is 6.54 Å². The van der Waals surface area contributed by atoms with Gasteiger partial charge in [-0.2, -0.15) is 5.26 Å². The Morgan fingerprint density at radius 2 is 2.19 bits per heavy atom. The van der Waals surface area contributed by atoms with E-state index in [1.165, 1.54) is 0 Å². The summed E-state index contributed by atoms with van der Waals surface area (Å²) < 4.78 is 1.98. The van der Waals surface area contributed by atoms with Gasteiger partial charge in [-0.05, 0) is 30.7 Å². The highest BCUT2D eigenvalue weighted by molar-refractivity contribution is 6.30. The number of aryl methyl sites for hydroxylation is 2. The Hall–Kier alpha value is -2.38. The monoisotopic (exact) mass is 296 g/mol. The number of fused-ring (bicyclic) bond motifs is 1. The molecule has 1 aromatic carbocycles. The van der Waals surface area contributed by atoms with Crippen molar-refractivity contribution in [3.8, 4) is 17.5 Å². The first-order chi connectivity index (χ1) is 10.2. The molecule has 0 amide bonds. The van der Waals surface area contributed by atoms with E-state index in [2.05, 4.69) is 16.0 Å². The standard InChI is InChI=1S/C16H13ClN4/c1-11-8-14-16(19-10-11)21(7-3-6-18)15(20-14)12-4-2-5-13(17)9-12/h2,4-5,8-10H,3,7H2,1H3. The largest absolute Gasteiger partial charge is 0.308 e. The van der Waals surface area contributed by atoms with Crippen molar-refractivity contribution < 1.29 is 0 Å². The number of pyridine rings is 1. The first kappa shape index (κ1) is 13.6. The van der Waals surface area contributed by atoms with E-state index in [1.54, 1.807) is 0 Å². The summed E-state index contributed by atoms with van der Waals surface area (Å²) in [6, 6.07) is 11.7. The van der Waals surface area contributed by atoms with Gasteiger partial charge in [0.05, 0.1) is 12.5 Å². The lowest BCUT2D eigenvalue weighted by molar-refractivity contribution is 0.737.